The zero-order chi connectivity index (χ0) is 43.6. The number of carbonyl (C=O) groups is 1. The van der Waals surface area contributed by atoms with Gasteiger partial charge in [-0.15, -0.1) is 6.58 Å². The van der Waals surface area contributed by atoms with Gasteiger partial charge in [-0.2, -0.15) is 0 Å². The van der Waals surface area contributed by atoms with E-state index in [4.69, 9.17) is 28.9 Å². The molecule has 0 radical (unpaired) electrons. The Morgan fingerprint density at radius 3 is 2.49 bits per heavy atom. The molecule has 1 saturated carbocycles. The second-order valence-electron chi connectivity index (χ2n) is 18.0. The van der Waals surface area contributed by atoms with Crippen LogP contribution in [0, 0.1) is 33.3 Å². The highest BCUT2D eigenvalue weighted by Crippen LogP contribution is 2.62. The van der Waals surface area contributed by atoms with Gasteiger partial charge in [0, 0.05) is 69.4 Å². The molecule has 0 aromatic heterocycles. The van der Waals surface area contributed by atoms with Crippen molar-refractivity contribution >= 4 is 17.5 Å². The quantitative estimate of drug-likeness (QED) is 0.0366. The summed E-state index contributed by atoms with van der Waals surface area (Å²) in [5.41, 5.74) is 2.99. The summed E-state index contributed by atoms with van der Waals surface area (Å²) >= 11 is 0. The van der Waals surface area contributed by atoms with Gasteiger partial charge in [0.15, 0.2) is 0 Å². The molecule has 6 rings (SSSR count). The SMILES string of the molecule is C=CCOC12Oc3ccc(OCCN4CC4)cc3C3C(CCCCO)C(CCCCO)C=C(C(=NOCc4ccc([N+](=O)[O-])cc4)CC1N(CCC)C(=O)OCC(C)(C)C)C32. The largest absolute Gasteiger partial charge is 0.492 e. The number of hydrogen-bond donors (Lipinski definition) is 2. The van der Waals surface area contributed by atoms with E-state index in [1.807, 2.05) is 39.8 Å². The Balaban J connectivity index is 1.53. The van der Waals surface area contributed by atoms with Crippen LogP contribution in [0.3, 0.4) is 0 Å². The number of hydrogen-bond acceptors (Lipinski definition) is 12. The molecule has 2 aliphatic carbocycles. The van der Waals surface area contributed by atoms with Crippen molar-refractivity contribution in [2.75, 3.05) is 59.2 Å². The lowest BCUT2D eigenvalue weighted by Crippen LogP contribution is -2.70. The lowest BCUT2D eigenvalue weighted by Gasteiger charge is -2.60. The van der Waals surface area contributed by atoms with E-state index in [-0.39, 0.29) is 68.3 Å². The van der Waals surface area contributed by atoms with E-state index in [2.05, 4.69) is 23.6 Å². The number of rotatable bonds is 23. The summed E-state index contributed by atoms with van der Waals surface area (Å²) in [5, 5.41) is 36.0. The van der Waals surface area contributed by atoms with Gasteiger partial charge in [0.2, 0.25) is 5.79 Å². The first-order valence-corrected chi connectivity index (χ1v) is 22.1. The second-order valence-corrected chi connectivity index (χ2v) is 18.0. The van der Waals surface area contributed by atoms with E-state index < -0.39 is 28.8 Å². The van der Waals surface area contributed by atoms with Crippen molar-refractivity contribution in [3.63, 3.8) is 0 Å². The van der Waals surface area contributed by atoms with E-state index in [0.717, 1.165) is 62.2 Å². The van der Waals surface area contributed by atoms with Crippen molar-refractivity contribution in [1.82, 2.24) is 9.80 Å². The van der Waals surface area contributed by atoms with Crippen molar-refractivity contribution in [1.29, 1.82) is 0 Å². The van der Waals surface area contributed by atoms with Gasteiger partial charge in [0.25, 0.3) is 5.69 Å². The van der Waals surface area contributed by atoms with Crippen molar-refractivity contribution in [3.8, 4) is 11.5 Å². The molecule has 6 unspecified atom stereocenters. The third-order valence-electron chi connectivity index (χ3n) is 12.1. The van der Waals surface area contributed by atoms with Crippen LogP contribution in [0.4, 0.5) is 10.5 Å². The van der Waals surface area contributed by atoms with Gasteiger partial charge in [-0.1, -0.05) is 57.8 Å². The molecule has 0 bridgehead atoms. The molecule has 2 heterocycles. The van der Waals surface area contributed by atoms with Gasteiger partial charge in [-0.3, -0.25) is 19.9 Å². The lowest BCUT2D eigenvalue weighted by molar-refractivity contribution is -0.384. The van der Waals surface area contributed by atoms with Gasteiger partial charge in [0.1, 0.15) is 30.8 Å². The molecule has 14 heteroatoms. The van der Waals surface area contributed by atoms with Crippen LogP contribution in [0.5, 0.6) is 11.5 Å². The zero-order valence-corrected chi connectivity index (χ0v) is 36.5. The Kier molecular flexibility index (Phi) is 15.9. The number of amides is 1. The standard InChI is InChI=1S/C47H66N4O10/c1-6-20-50(45(54)58-32-46(3,4)5)42-30-40(48-60-31-33-14-16-35(17-15-33)51(55)56)38-28-34(12-8-10-24-52)37(13-9-11-25-53)43-39-29-36(57-27-23-49-21-22-49)18-19-41(39)61-47(42,44(38)43)59-26-7-2/h7,14-19,28-29,34,37,42-44,52-53H,2,6,8-13,20-27,30-32H2,1,3-5H3. The van der Waals surface area contributed by atoms with Gasteiger partial charge in [0.05, 0.1) is 29.8 Å². The minimum atomic E-state index is -1.40. The number of aliphatic hydroxyl groups is 2. The Hall–Kier alpha value is -4.50. The van der Waals surface area contributed by atoms with E-state index in [9.17, 15) is 25.1 Å². The van der Waals surface area contributed by atoms with Gasteiger partial charge >= 0.3 is 6.09 Å². The molecule has 334 valence electrons. The van der Waals surface area contributed by atoms with Crippen molar-refractivity contribution in [2.24, 2.45) is 28.3 Å². The van der Waals surface area contributed by atoms with E-state index in [1.54, 1.807) is 23.1 Å². The van der Waals surface area contributed by atoms with Crippen molar-refractivity contribution in [2.45, 2.75) is 103 Å². The first kappa shape index (κ1) is 46.0. The normalized spacial score (nSPS) is 24.8. The number of nitro benzene ring substituents is 1. The van der Waals surface area contributed by atoms with E-state index >= 15 is 0 Å². The van der Waals surface area contributed by atoms with Crippen LogP contribution in [0.1, 0.15) is 96.1 Å². The number of aliphatic hydroxyl groups excluding tert-OH is 2. The molecule has 4 aliphatic rings. The number of benzene rings is 2. The molecule has 2 N–H and O–H groups in total. The summed E-state index contributed by atoms with van der Waals surface area (Å²) in [5.74, 6) is -0.540. The summed E-state index contributed by atoms with van der Waals surface area (Å²) < 4.78 is 26.8. The number of nitro groups is 1. The third kappa shape index (κ3) is 11.3. The Bertz CT molecular complexity index is 1860. The molecular weight excluding hydrogens is 781 g/mol. The highest BCUT2D eigenvalue weighted by Gasteiger charge is 2.65. The van der Waals surface area contributed by atoms with Crippen molar-refractivity contribution < 1.29 is 43.7 Å². The smallest absolute Gasteiger partial charge is 0.410 e. The summed E-state index contributed by atoms with van der Waals surface area (Å²) in [6, 6.07) is 11.5. The molecular formula is C47H66N4O10. The first-order chi connectivity index (χ1) is 29.4. The number of fused-ring (bicyclic) bond motifs is 2. The molecule has 2 aromatic rings. The van der Waals surface area contributed by atoms with Crippen LogP contribution in [-0.2, 0) is 20.9 Å². The van der Waals surface area contributed by atoms with Crippen LogP contribution >= 0.6 is 0 Å². The summed E-state index contributed by atoms with van der Waals surface area (Å²) in [6.07, 6.45) is 8.98. The molecule has 61 heavy (non-hydrogen) atoms. The minimum absolute atomic E-state index is 0.0126. The van der Waals surface area contributed by atoms with Crippen LogP contribution in [-0.4, -0.2) is 108 Å². The fourth-order valence-electron chi connectivity index (χ4n) is 9.20. The number of allylic oxidation sites excluding steroid dienone is 1. The average Bonchev–Trinajstić information content (AvgIpc) is 4.07. The topological polar surface area (TPSA) is 165 Å². The lowest BCUT2D eigenvalue weighted by atomic mass is 9.55. The highest BCUT2D eigenvalue weighted by molar-refractivity contribution is 6.03. The number of unbranched alkanes of at least 4 members (excludes halogenated alkanes) is 2. The Morgan fingerprint density at radius 2 is 1.84 bits per heavy atom. The molecule has 6 atom stereocenters. The van der Waals surface area contributed by atoms with Gasteiger partial charge in [-0.05, 0) is 90.8 Å². The predicted molar refractivity (Wildman–Crippen MR) is 233 cm³/mol. The third-order valence-corrected chi connectivity index (χ3v) is 12.1. The Morgan fingerprint density at radius 1 is 1.10 bits per heavy atom. The average molecular weight is 847 g/mol. The van der Waals surface area contributed by atoms with Crippen LogP contribution < -0.4 is 9.47 Å². The zero-order valence-electron chi connectivity index (χ0n) is 36.5. The second kappa shape index (κ2) is 21.0. The number of carbonyl (C=O) groups excluding carboxylic acids is 1. The first-order valence-electron chi connectivity index (χ1n) is 22.1. The molecule has 2 aromatic carbocycles. The minimum Gasteiger partial charge on any atom is -0.492 e. The number of non-ortho nitro benzene ring substituents is 1. The number of nitrogens with zero attached hydrogens (tertiary/aromatic N) is 4. The Labute approximate surface area is 360 Å². The van der Waals surface area contributed by atoms with Crippen LogP contribution in [0.15, 0.2) is 71.9 Å². The number of ether oxygens (including phenoxy) is 4. The maximum absolute atomic E-state index is 14.5. The molecule has 1 amide bonds. The van der Waals surface area contributed by atoms with Crippen LogP contribution in [0.2, 0.25) is 0 Å². The van der Waals surface area contributed by atoms with E-state index in [1.165, 1.54) is 12.1 Å². The molecule has 14 nitrogen and oxygen atoms in total. The maximum atomic E-state index is 14.5. The summed E-state index contributed by atoms with van der Waals surface area (Å²) in [4.78, 5) is 35.6. The molecule has 1 saturated heterocycles. The van der Waals surface area contributed by atoms with E-state index in [0.29, 0.717) is 49.4 Å². The van der Waals surface area contributed by atoms with Crippen molar-refractivity contribution in [3.05, 3.63) is 88.0 Å². The van der Waals surface area contributed by atoms with Gasteiger partial charge in [-0.25, -0.2) is 4.79 Å². The van der Waals surface area contributed by atoms with Crippen LogP contribution in [0.25, 0.3) is 0 Å². The molecule has 0 spiro atoms. The monoisotopic (exact) mass is 846 g/mol. The number of oxime groups is 1. The maximum Gasteiger partial charge on any atom is 0.410 e. The molecule has 2 fully saturated rings. The summed E-state index contributed by atoms with van der Waals surface area (Å²) in [7, 11) is 0. The fourth-order valence-corrected chi connectivity index (χ4v) is 9.20. The highest BCUT2D eigenvalue weighted by atomic mass is 16.7. The fraction of sp³-hybridized carbons (Fsp3) is 0.617. The van der Waals surface area contributed by atoms with Gasteiger partial charge < -0.3 is 34.0 Å². The predicted octanol–water partition coefficient (Wildman–Crippen LogP) is 8.02. The molecule has 2 aliphatic heterocycles. The summed E-state index contributed by atoms with van der Waals surface area (Å²) in [6.45, 7) is 16.7.